The van der Waals surface area contributed by atoms with Gasteiger partial charge in [-0.2, -0.15) is 0 Å². The molecule has 0 bridgehead atoms. The second kappa shape index (κ2) is 7.66. The molecule has 0 aliphatic carbocycles. The minimum atomic E-state index is -3.37. The van der Waals surface area contributed by atoms with Crippen molar-refractivity contribution < 1.29 is 17.6 Å². The molecular weight excluding hydrogens is 309 g/mol. The predicted octanol–water partition coefficient (Wildman–Crippen LogP) is 0.436. The van der Waals surface area contributed by atoms with Crippen LogP contribution >= 0.6 is 0 Å². The molecule has 0 aromatic heterocycles. The second-order valence-electron chi connectivity index (χ2n) is 5.31. The zero-order valence-electron chi connectivity index (χ0n) is 13.2. The largest absolute Gasteiger partial charge is 0.353 e. The van der Waals surface area contributed by atoms with Crippen molar-refractivity contribution in [2.24, 2.45) is 0 Å². The Bertz CT molecular complexity index is 618. The molecule has 1 atom stereocenters. The summed E-state index contributed by atoms with van der Waals surface area (Å²) >= 11 is 0. The highest BCUT2D eigenvalue weighted by atomic mass is 32.2. The van der Waals surface area contributed by atoms with Crippen molar-refractivity contribution >= 4 is 15.9 Å². The molecule has 1 amide bonds. The Hall–Kier alpha value is -1.51. The van der Waals surface area contributed by atoms with Crippen LogP contribution in [-0.2, 0) is 14.8 Å². The van der Waals surface area contributed by atoms with Gasteiger partial charge in [-0.3, -0.25) is 9.69 Å². The topological polar surface area (TPSA) is 69.7 Å². The average Bonchev–Trinajstić information content (AvgIpc) is 2.38. The third kappa shape index (κ3) is 5.04. The van der Waals surface area contributed by atoms with E-state index in [9.17, 15) is 17.6 Å². The Morgan fingerprint density at radius 1 is 1.27 bits per heavy atom. The molecule has 6 nitrogen and oxygen atoms in total. The lowest BCUT2D eigenvalue weighted by Gasteiger charge is -2.24. The summed E-state index contributed by atoms with van der Waals surface area (Å²) in [5.41, 5.74) is 0.512. The van der Waals surface area contributed by atoms with Crippen LogP contribution < -0.4 is 5.32 Å². The van der Waals surface area contributed by atoms with Gasteiger partial charge in [0.1, 0.15) is 11.9 Å². The molecule has 0 heterocycles. The molecule has 8 heteroatoms. The number of carbonyl (C=O) groups is 1. The molecule has 1 aromatic rings. The van der Waals surface area contributed by atoms with Gasteiger partial charge < -0.3 is 5.32 Å². The number of hydrogen-bond donors (Lipinski definition) is 1. The third-order valence-electron chi connectivity index (χ3n) is 3.14. The smallest absolute Gasteiger partial charge is 0.241 e. The van der Waals surface area contributed by atoms with Crippen molar-refractivity contribution in [1.82, 2.24) is 14.5 Å². The van der Waals surface area contributed by atoms with Gasteiger partial charge in [-0.25, -0.2) is 17.1 Å². The lowest BCUT2D eigenvalue weighted by molar-refractivity contribution is -0.125. The lowest BCUT2D eigenvalue weighted by atomic mass is 10.1. The monoisotopic (exact) mass is 331 g/mol. The zero-order chi connectivity index (χ0) is 16.9. The number of rotatable bonds is 7. The Kier molecular flexibility index (Phi) is 6.46. The summed E-state index contributed by atoms with van der Waals surface area (Å²) in [6, 6.07) is 5.10. The highest BCUT2D eigenvalue weighted by molar-refractivity contribution is 7.89. The molecule has 1 N–H and O–H groups in total. The molecule has 0 aliphatic heterocycles. The van der Waals surface area contributed by atoms with Gasteiger partial charge in [0.2, 0.25) is 15.9 Å². The van der Waals surface area contributed by atoms with Crippen LogP contribution in [-0.4, -0.2) is 64.0 Å². The van der Waals surface area contributed by atoms with Gasteiger partial charge in [0.05, 0.1) is 5.75 Å². The molecule has 1 aromatic carbocycles. The molecule has 22 heavy (non-hydrogen) atoms. The van der Waals surface area contributed by atoms with Crippen LogP contribution in [0.4, 0.5) is 4.39 Å². The van der Waals surface area contributed by atoms with Crippen LogP contribution in [0, 0.1) is 5.82 Å². The third-order valence-corrected chi connectivity index (χ3v) is 4.98. The van der Waals surface area contributed by atoms with Crippen molar-refractivity contribution in [3.05, 3.63) is 35.6 Å². The van der Waals surface area contributed by atoms with Crippen LogP contribution in [0.5, 0.6) is 0 Å². The van der Waals surface area contributed by atoms with Gasteiger partial charge in [0.25, 0.3) is 0 Å². The molecule has 0 fully saturated rings. The second-order valence-corrected chi connectivity index (χ2v) is 7.61. The number of nitrogens with one attached hydrogen (secondary N) is 1. The van der Waals surface area contributed by atoms with E-state index in [0.29, 0.717) is 5.56 Å². The van der Waals surface area contributed by atoms with E-state index in [4.69, 9.17) is 0 Å². The van der Waals surface area contributed by atoms with Crippen LogP contribution in [0.15, 0.2) is 24.3 Å². The molecule has 0 spiro atoms. The Morgan fingerprint density at radius 2 is 1.91 bits per heavy atom. The first-order valence-electron chi connectivity index (χ1n) is 6.75. The van der Waals surface area contributed by atoms with Gasteiger partial charge in [0.15, 0.2) is 0 Å². The Balaban J connectivity index is 2.76. The summed E-state index contributed by atoms with van der Waals surface area (Å²) in [6.45, 7) is -0.000990. The summed E-state index contributed by atoms with van der Waals surface area (Å²) in [5, 5.41) is 2.58. The lowest BCUT2D eigenvalue weighted by Crippen LogP contribution is -2.40. The minimum absolute atomic E-state index is 0.000990. The fraction of sp³-hybridized carbons (Fsp3) is 0.500. The molecule has 1 unspecified atom stereocenters. The highest BCUT2D eigenvalue weighted by Crippen LogP contribution is 2.19. The van der Waals surface area contributed by atoms with E-state index in [2.05, 4.69) is 5.32 Å². The fourth-order valence-corrected chi connectivity index (χ4v) is 2.67. The predicted molar refractivity (Wildman–Crippen MR) is 83.3 cm³/mol. The van der Waals surface area contributed by atoms with Gasteiger partial charge in [-0.1, -0.05) is 12.1 Å². The molecule has 124 valence electrons. The summed E-state index contributed by atoms with van der Waals surface area (Å²) in [5.74, 6) is -0.980. The maximum Gasteiger partial charge on any atom is 0.241 e. The van der Waals surface area contributed by atoms with Crippen molar-refractivity contribution in [3.63, 3.8) is 0 Å². The van der Waals surface area contributed by atoms with Crippen molar-refractivity contribution in [2.75, 3.05) is 40.5 Å². The van der Waals surface area contributed by atoms with Crippen LogP contribution in [0.3, 0.4) is 0 Å². The van der Waals surface area contributed by atoms with Gasteiger partial charge in [0, 0.05) is 20.6 Å². The van der Waals surface area contributed by atoms with Crippen molar-refractivity contribution in [3.8, 4) is 0 Å². The van der Waals surface area contributed by atoms with E-state index < -0.39 is 21.9 Å². The van der Waals surface area contributed by atoms with Gasteiger partial charge in [-0.05, 0) is 31.8 Å². The summed E-state index contributed by atoms with van der Waals surface area (Å²) in [7, 11) is 2.91. The van der Waals surface area contributed by atoms with E-state index in [-0.39, 0.29) is 18.2 Å². The number of benzene rings is 1. The average molecular weight is 331 g/mol. The zero-order valence-corrected chi connectivity index (χ0v) is 14.0. The summed E-state index contributed by atoms with van der Waals surface area (Å²) in [4.78, 5) is 13.9. The van der Waals surface area contributed by atoms with Gasteiger partial charge >= 0.3 is 0 Å². The number of amides is 1. The van der Waals surface area contributed by atoms with Crippen LogP contribution in [0.25, 0.3) is 0 Å². The molecule has 0 saturated heterocycles. The molecular formula is C14H22FN3O3S. The summed E-state index contributed by atoms with van der Waals surface area (Å²) < 4.78 is 37.7. The first kappa shape index (κ1) is 18.5. The SMILES string of the molecule is CN(C)C(C(=O)NCCS(=O)(=O)N(C)C)c1cccc(F)c1. The first-order valence-corrected chi connectivity index (χ1v) is 8.36. The van der Waals surface area contributed by atoms with Crippen LogP contribution in [0.1, 0.15) is 11.6 Å². The molecule has 0 saturated carbocycles. The number of halogens is 1. The standard InChI is InChI=1S/C14H22FN3O3S/c1-17(2)13(11-6-5-7-12(15)10-11)14(19)16-8-9-22(20,21)18(3)4/h5-7,10,13H,8-9H2,1-4H3,(H,16,19). The van der Waals surface area contributed by atoms with E-state index in [1.165, 1.54) is 32.3 Å². The number of nitrogens with zero attached hydrogens (tertiary/aromatic N) is 2. The Morgan fingerprint density at radius 3 is 2.41 bits per heavy atom. The van der Waals surface area contributed by atoms with Gasteiger partial charge in [-0.15, -0.1) is 0 Å². The normalized spacial score (nSPS) is 13.4. The summed E-state index contributed by atoms with van der Waals surface area (Å²) in [6.07, 6.45) is 0. The maximum absolute atomic E-state index is 13.3. The fourth-order valence-electron chi connectivity index (χ4n) is 1.94. The minimum Gasteiger partial charge on any atom is -0.353 e. The molecule has 0 radical (unpaired) electrons. The highest BCUT2D eigenvalue weighted by Gasteiger charge is 2.23. The first-order chi connectivity index (χ1) is 10.1. The Labute approximate surface area is 131 Å². The van der Waals surface area contributed by atoms with Crippen molar-refractivity contribution in [2.45, 2.75) is 6.04 Å². The quantitative estimate of drug-likeness (QED) is 0.787. The maximum atomic E-state index is 13.3. The number of carbonyl (C=O) groups excluding carboxylic acids is 1. The van der Waals surface area contributed by atoms with Crippen molar-refractivity contribution in [1.29, 1.82) is 0 Å². The number of hydrogen-bond acceptors (Lipinski definition) is 4. The number of likely N-dealkylation sites (N-methyl/N-ethyl adjacent to an activating group) is 1. The van der Waals surface area contributed by atoms with Crippen LogP contribution in [0.2, 0.25) is 0 Å². The van der Waals surface area contributed by atoms with E-state index >= 15 is 0 Å². The molecule has 1 rings (SSSR count). The van der Waals surface area contributed by atoms with E-state index in [1.54, 1.807) is 25.1 Å². The molecule has 0 aliphatic rings. The van der Waals surface area contributed by atoms with E-state index in [1.807, 2.05) is 0 Å². The number of sulfonamides is 1. The van der Waals surface area contributed by atoms with E-state index in [0.717, 1.165) is 4.31 Å².